The largest absolute Gasteiger partial charge is 0.480 e. The molecule has 3 aromatic carbocycles. The molecular formula is C24H21NO4. The van der Waals surface area contributed by atoms with E-state index in [2.05, 4.69) is 12.1 Å². The number of hydrogen-bond acceptors (Lipinski definition) is 3. The molecule has 0 aromatic heterocycles. The van der Waals surface area contributed by atoms with E-state index in [9.17, 15) is 14.7 Å². The monoisotopic (exact) mass is 387 g/mol. The van der Waals surface area contributed by atoms with Crippen LogP contribution in [0.5, 0.6) is 0 Å². The Labute approximate surface area is 169 Å². The first-order valence-electron chi connectivity index (χ1n) is 9.45. The molecule has 0 spiro atoms. The van der Waals surface area contributed by atoms with Gasteiger partial charge in [0.2, 0.25) is 0 Å². The molecule has 1 aliphatic rings. The van der Waals surface area contributed by atoms with Crippen LogP contribution >= 0.6 is 0 Å². The summed E-state index contributed by atoms with van der Waals surface area (Å²) in [6.07, 6.45) is -0.667. The Kier molecular flexibility index (Phi) is 5.04. The van der Waals surface area contributed by atoms with Gasteiger partial charge in [-0.2, -0.15) is 0 Å². The molecule has 29 heavy (non-hydrogen) atoms. The van der Waals surface area contributed by atoms with E-state index in [1.807, 2.05) is 49.4 Å². The molecule has 0 atom stereocenters. The number of rotatable bonds is 5. The maximum absolute atomic E-state index is 12.8. The van der Waals surface area contributed by atoms with Gasteiger partial charge in [-0.3, -0.25) is 9.69 Å². The number of nitrogens with zero attached hydrogens (tertiary/aromatic N) is 1. The molecule has 3 aromatic rings. The van der Waals surface area contributed by atoms with E-state index < -0.39 is 18.6 Å². The number of carbonyl (C=O) groups is 2. The highest BCUT2D eigenvalue weighted by Crippen LogP contribution is 2.44. The minimum absolute atomic E-state index is 0.0736. The summed E-state index contributed by atoms with van der Waals surface area (Å²) < 4.78 is 5.62. The van der Waals surface area contributed by atoms with Crippen LogP contribution in [0.1, 0.15) is 22.6 Å². The Morgan fingerprint density at radius 3 is 2.14 bits per heavy atom. The van der Waals surface area contributed by atoms with E-state index in [0.717, 1.165) is 32.7 Å². The molecular weight excluding hydrogens is 366 g/mol. The summed E-state index contributed by atoms with van der Waals surface area (Å²) in [6, 6.07) is 23.3. The Morgan fingerprint density at radius 1 is 0.931 bits per heavy atom. The van der Waals surface area contributed by atoms with Crippen molar-refractivity contribution in [2.45, 2.75) is 12.8 Å². The molecule has 5 heteroatoms. The van der Waals surface area contributed by atoms with Crippen LogP contribution in [0.25, 0.3) is 11.1 Å². The van der Waals surface area contributed by atoms with Gasteiger partial charge in [0.05, 0.1) is 0 Å². The summed E-state index contributed by atoms with van der Waals surface area (Å²) >= 11 is 0. The van der Waals surface area contributed by atoms with E-state index in [1.165, 1.54) is 0 Å². The quantitative estimate of drug-likeness (QED) is 0.681. The van der Waals surface area contributed by atoms with Crippen molar-refractivity contribution in [3.8, 4) is 11.1 Å². The molecule has 1 amide bonds. The summed E-state index contributed by atoms with van der Waals surface area (Å²) in [6.45, 7) is 1.58. The van der Waals surface area contributed by atoms with E-state index in [0.29, 0.717) is 5.69 Å². The van der Waals surface area contributed by atoms with Crippen molar-refractivity contribution in [3.05, 3.63) is 89.5 Å². The lowest BCUT2D eigenvalue weighted by atomic mass is 9.98. The van der Waals surface area contributed by atoms with Gasteiger partial charge in [-0.15, -0.1) is 0 Å². The molecule has 1 aliphatic carbocycles. The molecule has 4 rings (SSSR count). The van der Waals surface area contributed by atoms with Crippen molar-refractivity contribution in [2.24, 2.45) is 0 Å². The first kappa shape index (κ1) is 18.7. The molecule has 0 bridgehead atoms. The van der Waals surface area contributed by atoms with Crippen LogP contribution < -0.4 is 4.90 Å². The lowest BCUT2D eigenvalue weighted by Crippen LogP contribution is -2.36. The van der Waals surface area contributed by atoms with E-state index >= 15 is 0 Å². The molecule has 0 unspecified atom stereocenters. The molecule has 146 valence electrons. The Balaban J connectivity index is 1.57. The normalized spacial score (nSPS) is 12.2. The van der Waals surface area contributed by atoms with Crippen molar-refractivity contribution in [1.82, 2.24) is 0 Å². The molecule has 0 saturated heterocycles. The predicted octanol–water partition coefficient (Wildman–Crippen LogP) is 4.84. The van der Waals surface area contributed by atoms with Gasteiger partial charge in [0.15, 0.2) is 0 Å². The van der Waals surface area contributed by atoms with Crippen LogP contribution in [0.15, 0.2) is 72.8 Å². The number of amides is 1. The summed E-state index contributed by atoms with van der Waals surface area (Å²) in [5.74, 6) is -1.17. The molecule has 0 aliphatic heterocycles. The third kappa shape index (κ3) is 3.72. The smallest absolute Gasteiger partial charge is 0.414 e. The van der Waals surface area contributed by atoms with Crippen LogP contribution in [0.4, 0.5) is 10.5 Å². The minimum Gasteiger partial charge on any atom is -0.480 e. The number of fused-ring (bicyclic) bond motifs is 3. The standard InChI is InChI=1S/C24H21NO4/c1-16-7-6-8-17(13-16)25(14-23(26)27)24(28)29-15-22-20-11-4-2-9-18(20)19-10-3-5-12-21(19)22/h2-13,22H,14-15H2,1H3,(H,26,27). The molecule has 0 saturated carbocycles. The Hall–Kier alpha value is -3.60. The SMILES string of the molecule is Cc1cccc(N(CC(=O)O)C(=O)OCC2c3ccccc3-c3ccccc32)c1. The molecule has 0 radical (unpaired) electrons. The topological polar surface area (TPSA) is 66.8 Å². The number of anilines is 1. The zero-order valence-corrected chi connectivity index (χ0v) is 16.0. The fraction of sp³-hybridized carbons (Fsp3) is 0.167. The van der Waals surface area contributed by atoms with Crippen molar-refractivity contribution < 1.29 is 19.4 Å². The van der Waals surface area contributed by atoms with Crippen LogP contribution in [-0.4, -0.2) is 30.3 Å². The second kappa shape index (κ2) is 7.80. The molecule has 1 N–H and O–H groups in total. The number of hydrogen-bond donors (Lipinski definition) is 1. The molecule has 5 nitrogen and oxygen atoms in total. The highest BCUT2D eigenvalue weighted by atomic mass is 16.6. The first-order valence-corrected chi connectivity index (χ1v) is 9.45. The zero-order chi connectivity index (χ0) is 20.4. The Morgan fingerprint density at radius 2 is 1.55 bits per heavy atom. The highest BCUT2D eigenvalue weighted by Gasteiger charge is 2.30. The summed E-state index contributed by atoms with van der Waals surface area (Å²) in [7, 11) is 0. The predicted molar refractivity (Wildman–Crippen MR) is 111 cm³/mol. The lowest BCUT2D eigenvalue weighted by Gasteiger charge is -2.22. The second-order valence-electron chi connectivity index (χ2n) is 7.12. The fourth-order valence-corrected chi connectivity index (χ4v) is 3.86. The maximum Gasteiger partial charge on any atom is 0.414 e. The van der Waals surface area contributed by atoms with Crippen LogP contribution in [-0.2, 0) is 9.53 Å². The number of benzene rings is 3. The van der Waals surface area contributed by atoms with Crippen LogP contribution in [0.2, 0.25) is 0 Å². The highest BCUT2D eigenvalue weighted by molar-refractivity contribution is 5.93. The van der Waals surface area contributed by atoms with Gasteiger partial charge in [-0.05, 0) is 46.9 Å². The maximum atomic E-state index is 12.8. The molecule has 0 heterocycles. The van der Waals surface area contributed by atoms with Gasteiger partial charge in [0.1, 0.15) is 13.2 Å². The van der Waals surface area contributed by atoms with Crippen molar-refractivity contribution in [2.75, 3.05) is 18.1 Å². The van der Waals surface area contributed by atoms with E-state index in [-0.39, 0.29) is 12.5 Å². The second-order valence-corrected chi connectivity index (χ2v) is 7.12. The fourth-order valence-electron chi connectivity index (χ4n) is 3.86. The summed E-state index contributed by atoms with van der Waals surface area (Å²) in [5, 5.41) is 9.25. The zero-order valence-electron chi connectivity index (χ0n) is 16.0. The van der Waals surface area contributed by atoms with Crippen molar-refractivity contribution in [1.29, 1.82) is 0 Å². The van der Waals surface area contributed by atoms with Gasteiger partial charge in [0.25, 0.3) is 0 Å². The number of carbonyl (C=O) groups excluding carboxylic acids is 1. The van der Waals surface area contributed by atoms with E-state index in [1.54, 1.807) is 18.2 Å². The van der Waals surface area contributed by atoms with Crippen molar-refractivity contribution >= 4 is 17.7 Å². The van der Waals surface area contributed by atoms with Crippen LogP contribution in [0, 0.1) is 6.92 Å². The average molecular weight is 387 g/mol. The first-order chi connectivity index (χ1) is 14.0. The number of carboxylic acid groups (broad SMARTS) is 1. The molecule has 0 fully saturated rings. The number of aliphatic carboxylic acids is 1. The number of aryl methyl sites for hydroxylation is 1. The lowest BCUT2D eigenvalue weighted by molar-refractivity contribution is -0.135. The third-order valence-electron chi connectivity index (χ3n) is 5.16. The van der Waals surface area contributed by atoms with Crippen molar-refractivity contribution in [3.63, 3.8) is 0 Å². The average Bonchev–Trinajstić information content (AvgIpc) is 3.04. The summed E-state index contributed by atoms with van der Waals surface area (Å²) in [4.78, 5) is 25.3. The number of ether oxygens (including phenoxy) is 1. The Bertz CT molecular complexity index is 1030. The number of carboxylic acids is 1. The van der Waals surface area contributed by atoms with E-state index in [4.69, 9.17) is 4.74 Å². The van der Waals surface area contributed by atoms with Crippen LogP contribution in [0.3, 0.4) is 0 Å². The summed E-state index contributed by atoms with van der Waals surface area (Å²) in [5.41, 5.74) is 5.95. The van der Waals surface area contributed by atoms with Gasteiger partial charge >= 0.3 is 12.1 Å². The minimum atomic E-state index is -1.10. The van der Waals surface area contributed by atoms with Gasteiger partial charge < -0.3 is 9.84 Å². The van der Waals surface area contributed by atoms with Gasteiger partial charge in [-0.1, -0.05) is 60.7 Å². The third-order valence-corrected chi connectivity index (χ3v) is 5.16. The van der Waals surface area contributed by atoms with Gasteiger partial charge in [0, 0.05) is 11.6 Å². The van der Waals surface area contributed by atoms with Gasteiger partial charge in [-0.25, -0.2) is 4.79 Å².